The molecular weight excluding hydrogens is 460 g/mol. The van der Waals surface area contributed by atoms with Crippen LogP contribution in [0.25, 0.3) is 0 Å². The summed E-state index contributed by atoms with van der Waals surface area (Å²) in [5.41, 5.74) is 1.17. The maximum atomic E-state index is 10.8. The Labute approximate surface area is 218 Å². The minimum atomic E-state index is -2.57. The molecule has 1 unspecified atom stereocenters. The number of ether oxygens (including phenoxy) is 1. The maximum absolute atomic E-state index is 10.8. The fourth-order valence-corrected chi connectivity index (χ4v) is 10.7. The topological polar surface area (TPSA) is 38.7 Å². The number of rotatable bonds is 10. The van der Waals surface area contributed by atoms with Crippen molar-refractivity contribution in [2.24, 2.45) is 17.8 Å². The summed E-state index contributed by atoms with van der Waals surface area (Å²) in [5, 5.41) is 13.4. The van der Waals surface area contributed by atoms with Gasteiger partial charge in [-0.25, -0.2) is 0 Å². The molecule has 0 heterocycles. The molecule has 0 radical (unpaired) electrons. The standard InChI is InChI=1S/C32H42O3Si/c1-25(29-20-21-31(33)30(29)24-34-23-26-14-8-5-9-15-26)22-35-36(32(2,3)4,27-16-10-6-11-17-27)28-18-12-7-13-19-28/h5-19,25,29-31,33H,20-24H2,1-4H3/t25-,29-,30-,31?/m0/s1. The first-order valence-electron chi connectivity index (χ1n) is 13.4. The lowest BCUT2D eigenvalue weighted by atomic mass is 9.85. The molecule has 1 aliphatic carbocycles. The van der Waals surface area contributed by atoms with E-state index in [0.717, 1.165) is 12.8 Å². The van der Waals surface area contributed by atoms with E-state index in [2.05, 4.69) is 100 Å². The molecule has 4 heteroatoms. The lowest BCUT2D eigenvalue weighted by Gasteiger charge is -2.44. The first-order chi connectivity index (χ1) is 17.3. The quantitative estimate of drug-likeness (QED) is 0.356. The van der Waals surface area contributed by atoms with E-state index in [4.69, 9.17) is 9.16 Å². The van der Waals surface area contributed by atoms with Crippen LogP contribution >= 0.6 is 0 Å². The Bertz CT molecular complexity index is 1010. The van der Waals surface area contributed by atoms with Gasteiger partial charge in [0.05, 0.1) is 19.3 Å². The second-order valence-electron chi connectivity index (χ2n) is 11.4. The van der Waals surface area contributed by atoms with Crippen LogP contribution in [0, 0.1) is 17.8 Å². The van der Waals surface area contributed by atoms with Crippen molar-refractivity contribution in [2.45, 2.75) is 58.3 Å². The molecule has 0 aromatic heterocycles. The fraction of sp³-hybridized carbons (Fsp3) is 0.438. The predicted octanol–water partition coefficient (Wildman–Crippen LogP) is 5.80. The third-order valence-corrected chi connectivity index (χ3v) is 13.0. The van der Waals surface area contributed by atoms with E-state index in [1.165, 1.54) is 15.9 Å². The van der Waals surface area contributed by atoms with Crippen LogP contribution in [-0.2, 0) is 15.8 Å². The van der Waals surface area contributed by atoms with Gasteiger partial charge >= 0.3 is 0 Å². The van der Waals surface area contributed by atoms with Gasteiger partial charge in [0.25, 0.3) is 8.32 Å². The lowest BCUT2D eigenvalue weighted by molar-refractivity contribution is 0.00806. The van der Waals surface area contributed by atoms with Gasteiger partial charge in [0, 0.05) is 12.5 Å². The molecule has 3 nitrogen and oxygen atoms in total. The van der Waals surface area contributed by atoms with Crippen LogP contribution in [0.5, 0.6) is 0 Å². The summed E-state index contributed by atoms with van der Waals surface area (Å²) in [5.74, 6) is 0.856. The molecule has 192 valence electrons. The summed E-state index contributed by atoms with van der Waals surface area (Å²) in [6, 6.07) is 31.9. The van der Waals surface area contributed by atoms with E-state index in [0.29, 0.717) is 31.7 Å². The first-order valence-corrected chi connectivity index (χ1v) is 15.3. The van der Waals surface area contributed by atoms with Crippen molar-refractivity contribution >= 4 is 18.7 Å². The number of hydrogen-bond donors (Lipinski definition) is 1. The molecule has 36 heavy (non-hydrogen) atoms. The number of hydrogen-bond acceptors (Lipinski definition) is 3. The van der Waals surface area contributed by atoms with Crippen molar-refractivity contribution in [1.29, 1.82) is 0 Å². The zero-order chi connectivity index (χ0) is 25.6. The Morgan fingerprint density at radius 3 is 1.89 bits per heavy atom. The minimum Gasteiger partial charge on any atom is -0.407 e. The van der Waals surface area contributed by atoms with Crippen LogP contribution in [0.2, 0.25) is 5.04 Å². The van der Waals surface area contributed by atoms with Crippen molar-refractivity contribution in [3.05, 3.63) is 96.6 Å². The largest absolute Gasteiger partial charge is 0.407 e. The maximum Gasteiger partial charge on any atom is 0.261 e. The number of aliphatic hydroxyl groups is 1. The highest BCUT2D eigenvalue weighted by Crippen LogP contribution is 2.40. The van der Waals surface area contributed by atoms with E-state index in [9.17, 15) is 5.11 Å². The highest BCUT2D eigenvalue weighted by Gasteiger charge is 2.50. The average Bonchev–Trinajstić information content (AvgIpc) is 3.25. The second-order valence-corrected chi connectivity index (χ2v) is 15.7. The molecule has 3 aromatic rings. The SMILES string of the molecule is C[C@@H](CO[Si](c1ccccc1)(c1ccccc1)C(C)(C)C)[C@@H]1CCC(O)[C@H]1COCc1ccccc1. The molecule has 0 saturated heterocycles. The summed E-state index contributed by atoms with van der Waals surface area (Å²) >= 11 is 0. The van der Waals surface area contributed by atoms with Gasteiger partial charge in [0.15, 0.2) is 0 Å². The summed E-state index contributed by atoms with van der Waals surface area (Å²) in [6.07, 6.45) is 1.56. The van der Waals surface area contributed by atoms with E-state index < -0.39 is 8.32 Å². The van der Waals surface area contributed by atoms with Gasteiger partial charge in [-0.1, -0.05) is 119 Å². The predicted molar refractivity (Wildman–Crippen MR) is 151 cm³/mol. The van der Waals surface area contributed by atoms with Crippen LogP contribution < -0.4 is 10.4 Å². The molecular formula is C32H42O3Si. The van der Waals surface area contributed by atoms with Gasteiger partial charge in [0.1, 0.15) is 0 Å². The van der Waals surface area contributed by atoms with Crippen LogP contribution in [0.15, 0.2) is 91.0 Å². The van der Waals surface area contributed by atoms with Gasteiger partial charge in [-0.3, -0.25) is 0 Å². The van der Waals surface area contributed by atoms with Crippen molar-refractivity contribution in [1.82, 2.24) is 0 Å². The lowest BCUT2D eigenvalue weighted by Crippen LogP contribution is -2.67. The van der Waals surface area contributed by atoms with Crippen LogP contribution in [0.1, 0.15) is 46.1 Å². The second kappa shape index (κ2) is 11.9. The molecule has 1 fully saturated rings. The van der Waals surface area contributed by atoms with Crippen LogP contribution in [-0.4, -0.2) is 32.7 Å². The zero-order valence-corrected chi connectivity index (χ0v) is 23.3. The normalized spacial score (nSPS) is 21.4. The summed E-state index contributed by atoms with van der Waals surface area (Å²) in [7, 11) is -2.57. The highest BCUT2D eigenvalue weighted by atomic mass is 28.4. The monoisotopic (exact) mass is 502 g/mol. The van der Waals surface area contributed by atoms with Gasteiger partial charge in [0.2, 0.25) is 0 Å². The minimum absolute atomic E-state index is 0.0389. The Kier molecular flexibility index (Phi) is 8.84. The molecule has 1 saturated carbocycles. The molecule has 1 N–H and O–H groups in total. The van der Waals surface area contributed by atoms with E-state index in [1.807, 2.05) is 18.2 Å². The summed E-state index contributed by atoms with van der Waals surface area (Å²) in [6.45, 7) is 11.1. The smallest absolute Gasteiger partial charge is 0.261 e. The Morgan fingerprint density at radius 2 is 1.36 bits per heavy atom. The Balaban J connectivity index is 1.52. The van der Waals surface area contributed by atoms with Crippen molar-refractivity contribution in [2.75, 3.05) is 13.2 Å². The van der Waals surface area contributed by atoms with Crippen LogP contribution in [0.4, 0.5) is 0 Å². The number of benzene rings is 3. The molecule has 4 rings (SSSR count). The van der Waals surface area contributed by atoms with Gasteiger partial charge in [-0.2, -0.15) is 0 Å². The first kappa shape index (κ1) is 26.8. The molecule has 3 aromatic carbocycles. The number of aliphatic hydroxyl groups excluding tert-OH is 1. The van der Waals surface area contributed by atoms with Gasteiger partial charge in [-0.15, -0.1) is 0 Å². The molecule has 0 amide bonds. The fourth-order valence-electron chi connectivity index (χ4n) is 6.05. The molecule has 0 spiro atoms. The van der Waals surface area contributed by atoms with Crippen molar-refractivity contribution < 1.29 is 14.3 Å². The van der Waals surface area contributed by atoms with Gasteiger partial charge < -0.3 is 14.3 Å². The Morgan fingerprint density at radius 1 is 0.833 bits per heavy atom. The molecule has 4 atom stereocenters. The zero-order valence-electron chi connectivity index (χ0n) is 22.3. The van der Waals surface area contributed by atoms with E-state index >= 15 is 0 Å². The summed E-state index contributed by atoms with van der Waals surface area (Å²) in [4.78, 5) is 0. The van der Waals surface area contributed by atoms with E-state index in [-0.39, 0.29) is 17.1 Å². The van der Waals surface area contributed by atoms with Crippen LogP contribution in [0.3, 0.4) is 0 Å². The van der Waals surface area contributed by atoms with Crippen molar-refractivity contribution in [3.63, 3.8) is 0 Å². The molecule has 0 aliphatic heterocycles. The molecule has 0 bridgehead atoms. The average molecular weight is 503 g/mol. The molecule has 1 aliphatic rings. The summed E-state index contributed by atoms with van der Waals surface area (Å²) < 4.78 is 13.3. The van der Waals surface area contributed by atoms with Gasteiger partial charge in [-0.05, 0) is 45.7 Å². The third-order valence-electron chi connectivity index (χ3n) is 7.97. The third kappa shape index (κ3) is 5.83. The highest BCUT2D eigenvalue weighted by molar-refractivity contribution is 6.99. The van der Waals surface area contributed by atoms with Crippen molar-refractivity contribution in [3.8, 4) is 0 Å². The van der Waals surface area contributed by atoms with E-state index in [1.54, 1.807) is 0 Å². The Hall–Kier alpha value is -2.24.